The highest BCUT2D eigenvalue weighted by Crippen LogP contribution is 2.32. The summed E-state index contributed by atoms with van der Waals surface area (Å²) in [6.45, 7) is 7.49. The number of halogens is 3. The van der Waals surface area contributed by atoms with Crippen molar-refractivity contribution in [3.8, 4) is 0 Å². The van der Waals surface area contributed by atoms with Crippen molar-refractivity contribution in [1.29, 1.82) is 0 Å². The second kappa shape index (κ2) is 9.46. The quantitative estimate of drug-likeness (QED) is 0.627. The molecule has 0 spiro atoms. The van der Waals surface area contributed by atoms with Crippen molar-refractivity contribution < 1.29 is 27.5 Å². The summed E-state index contributed by atoms with van der Waals surface area (Å²) in [5.41, 5.74) is 1.29. The lowest BCUT2D eigenvalue weighted by Crippen LogP contribution is -2.52. The van der Waals surface area contributed by atoms with E-state index < -0.39 is 30.3 Å². The van der Waals surface area contributed by atoms with Gasteiger partial charge in [-0.1, -0.05) is 6.07 Å². The Morgan fingerprint density at radius 2 is 1.81 bits per heavy atom. The Morgan fingerprint density at radius 1 is 1.16 bits per heavy atom. The minimum Gasteiger partial charge on any atom is -0.444 e. The van der Waals surface area contributed by atoms with E-state index in [4.69, 9.17) is 4.74 Å². The van der Waals surface area contributed by atoms with Gasteiger partial charge in [0.25, 0.3) is 0 Å². The highest BCUT2D eigenvalue weighted by atomic mass is 19.4. The Bertz CT molecular complexity index is 803. The van der Waals surface area contributed by atoms with Crippen molar-refractivity contribution in [2.75, 3.05) is 45.2 Å². The van der Waals surface area contributed by atoms with Crippen molar-refractivity contribution in [2.24, 2.45) is 0 Å². The van der Waals surface area contributed by atoms with Crippen LogP contribution in [0.25, 0.3) is 0 Å². The SMILES string of the molecule is CC(=O)c1ccc(C2CN(CCC(F)(F)F)CCN2C(=O)OC(C)(C)C)cc1N(C)C. The van der Waals surface area contributed by atoms with Gasteiger partial charge in [-0.3, -0.25) is 14.6 Å². The van der Waals surface area contributed by atoms with Gasteiger partial charge in [-0.05, 0) is 45.4 Å². The van der Waals surface area contributed by atoms with E-state index in [-0.39, 0.29) is 25.4 Å². The van der Waals surface area contributed by atoms with Crippen LogP contribution in [0.5, 0.6) is 0 Å². The predicted molar refractivity (Wildman–Crippen MR) is 114 cm³/mol. The minimum atomic E-state index is -4.24. The zero-order valence-electron chi connectivity index (χ0n) is 19.0. The predicted octanol–water partition coefficient (Wildman–Crippen LogP) is 4.50. The number of nitrogens with zero attached hydrogens (tertiary/aromatic N) is 3. The van der Waals surface area contributed by atoms with Gasteiger partial charge < -0.3 is 9.64 Å². The van der Waals surface area contributed by atoms with Gasteiger partial charge in [0.15, 0.2) is 5.78 Å². The van der Waals surface area contributed by atoms with Gasteiger partial charge in [0.05, 0.1) is 12.5 Å². The molecule has 174 valence electrons. The van der Waals surface area contributed by atoms with Gasteiger partial charge in [-0.15, -0.1) is 0 Å². The number of anilines is 1. The first kappa shape index (κ1) is 25.0. The van der Waals surface area contributed by atoms with Crippen molar-refractivity contribution in [3.63, 3.8) is 0 Å². The summed E-state index contributed by atoms with van der Waals surface area (Å²) in [5.74, 6) is -0.0882. The molecule has 9 heteroatoms. The van der Waals surface area contributed by atoms with Crippen LogP contribution in [0.1, 0.15) is 56.1 Å². The van der Waals surface area contributed by atoms with Crippen LogP contribution in [0.3, 0.4) is 0 Å². The standard InChI is InChI=1S/C22H32F3N3O3/c1-15(29)17-8-7-16(13-18(17)26(5)6)19-14-27(10-9-22(23,24)25)11-12-28(19)20(30)31-21(2,3)4/h7-8,13,19H,9-12,14H2,1-6H3. The Kier molecular flexibility index (Phi) is 7.62. The van der Waals surface area contributed by atoms with E-state index in [9.17, 15) is 22.8 Å². The number of ketones is 1. The molecule has 2 rings (SSSR count). The fourth-order valence-corrected chi connectivity index (χ4v) is 3.58. The molecule has 1 heterocycles. The average Bonchev–Trinajstić information content (AvgIpc) is 2.63. The zero-order chi connectivity index (χ0) is 23.6. The van der Waals surface area contributed by atoms with Crippen LogP contribution in [0.15, 0.2) is 18.2 Å². The van der Waals surface area contributed by atoms with Crippen LogP contribution >= 0.6 is 0 Å². The number of Topliss-reactive ketones (excluding diaryl/α,β-unsaturated/α-hetero) is 1. The first-order chi connectivity index (χ1) is 14.2. The fourth-order valence-electron chi connectivity index (χ4n) is 3.58. The molecular formula is C22H32F3N3O3. The first-order valence-electron chi connectivity index (χ1n) is 10.3. The molecule has 1 aliphatic heterocycles. The van der Waals surface area contributed by atoms with Gasteiger partial charge in [-0.25, -0.2) is 4.79 Å². The maximum Gasteiger partial charge on any atom is 0.410 e. The average molecular weight is 444 g/mol. The molecule has 0 aromatic heterocycles. The molecule has 31 heavy (non-hydrogen) atoms. The number of rotatable bonds is 5. The van der Waals surface area contributed by atoms with E-state index >= 15 is 0 Å². The van der Waals surface area contributed by atoms with Crippen molar-refractivity contribution in [2.45, 2.75) is 51.9 Å². The maximum absolute atomic E-state index is 12.9. The van der Waals surface area contributed by atoms with E-state index in [1.807, 2.05) is 25.1 Å². The van der Waals surface area contributed by atoms with Crippen LogP contribution < -0.4 is 4.90 Å². The summed E-state index contributed by atoms with van der Waals surface area (Å²) in [6.07, 6.45) is -5.65. The fraction of sp³-hybridized carbons (Fsp3) is 0.636. The Balaban J connectivity index is 2.38. The summed E-state index contributed by atoms with van der Waals surface area (Å²) in [4.78, 5) is 29.9. The second-order valence-corrected chi connectivity index (χ2v) is 9.08. The van der Waals surface area contributed by atoms with Crippen LogP contribution in [0.2, 0.25) is 0 Å². The Hall–Kier alpha value is -2.29. The molecule has 1 atom stereocenters. The van der Waals surface area contributed by atoms with Crippen molar-refractivity contribution in [3.05, 3.63) is 29.3 Å². The second-order valence-electron chi connectivity index (χ2n) is 9.08. The van der Waals surface area contributed by atoms with Crippen LogP contribution in [0.4, 0.5) is 23.7 Å². The topological polar surface area (TPSA) is 53.1 Å². The molecule has 1 aromatic carbocycles. The third kappa shape index (κ3) is 7.12. The number of carbonyl (C=O) groups is 2. The molecule has 0 bridgehead atoms. The Labute approximate surface area is 181 Å². The van der Waals surface area contributed by atoms with E-state index in [0.717, 1.165) is 5.56 Å². The number of piperazine rings is 1. The largest absolute Gasteiger partial charge is 0.444 e. The van der Waals surface area contributed by atoms with Crippen LogP contribution in [-0.4, -0.2) is 73.7 Å². The third-order valence-electron chi connectivity index (χ3n) is 5.07. The molecule has 1 amide bonds. The van der Waals surface area contributed by atoms with Gasteiger partial charge >= 0.3 is 12.3 Å². The highest BCUT2D eigenvalue weighted by Gasteiger charge is 2.36. The third-order valence-corrected chi connectivity index (χ3v) is 5.07. The molecule has 1 saturated heterocycles. The van der Waals surface area contributed by atoms with E-state index in [1.165, 1.54) is 6.92 Å². The lowest BCUT2D eigenvalue weighted by Gasteiger charge is -2.42. The molecule has 1 fully saturated rings. The summed E-state index contributed by atoms with van der Waals surface area (Å²) in [7, 11) is 3.63. The van der Waals surface area contributed by atoms with Crippen LogP contribution in [0, 0.1) is 0 Å². The van der Waals surface area contributed by atoms with Gasteiger partial charge in [0.2, 0.25) is 0 Å². The normalized spacial score (nSPS) is 18.1. The number of hydrogen-bond donors (Lipinski definition) is 0. The van der Waals surface area contributed by atoms with Gasteiger partial charge in [0, 0.05) is 51.5 Å². The van der Waals surface area contributed by atoms with Crippen molar-refractivity contribution in [1.82, 2.24) is 9.80 Å². The highest BCUT2D eigenvalue weighted by molar-refractivity contribution is 5.99. The maximum atomic E-state index is 12.9. The van der Waals surface area contributed by atoms with Crippen molar-refractivity contribution >= 4 is 17.6 Å². The molecule has 1 aromatic rings. The van der Waals surface area contributed by atoms with Gasteiger partial charge in [-0.2, -0.15) is 13.2 Å². The Morgan fingerprint density at radius 3 is 2.32 bits per heavy atom. The van der Waals surface area contributed by atoms with E-state index in [1.54, 1.807) is 42.7 Å². The lowest BCUT2D eigenvalue weighted by atomic mass is 9.98. The number of hydrogen-bond acceptors (Lipinski definition) is 5. The number of alkyl halides is 3. The molecule has 0 radical (unpaired) electrons. The number of benzene rings is 1. The van der Waals surface area contributed by atoms with Crippen LogP contribution in [-0.2, 0) is 4.74 Å². The molecule has 1 unspecified atom stereocenters. The summed E-state index contributed by atoms with van der Waals surface area (Å²) in [5, 5.41) is 0. The molecule has 0 N–H and O–H groups in total. The van der Waals surface area contributed by atoms with E-state index in [2.05, 4.69) is 0 Å². The molecular weight excluding hydrogens is 411 g/mol. The molecule has 1 aliphatic rings. The van der Waals surface area contributed by atoms with Gasteiger partial charge in [0.1, 0.15) is 5.60 Å². The lowest BCUT2D eigenvalue weighted by molar-refractivity contribution is -0.139. The number of carbonyl (C=O) groups excluding carboxylic acids is 2. The summed E-state index contributed by atoms with van der Waals surface area (Å²) >= 11 is 0. The number of amides is 1. The molecule has 0 saturated carbocycles. The summed E-state index contributed by atoms with van der Waals surface area (Å²) < 4.78 is 43.7. The number of ether oxygens (including phenoxy) is 1. The minimum absolute atomic E-state index is 0.0882. The zero-order valence-corrected chi connectivity index (χ0v) is 19.0. The van der Waals surface area contributed by atoms with E-state index in [0.29, 0.717) is 17.8 Å². The first-order valence-corrected chi connectivity index (χ1v) is 10.3. The molecule has 0 aliphatic carbocycles. The molecule has 6 nitrogen and oxygen atoms in total. The summed E-state index contributed by atoms with van der Waals surface area (Å²) in [6, 6.07) is 4.80. The monoisotopic (exact) mass is 443 g/mol. The smallest absolute Gasteiger partial charge is 0.410 e.